The molecular formula is C13H14N2O14S2. The molecule has 0 saturated carbocycles. The lowest BCUT2D eigenvalue weighted by Gasteiger charge is -2.42. The summed E-state index contributed by atoms with van der Waals surface area (Å²) in [6.45, 7) is 0. The van der Waals surface area contributed by atoms with Crippen molar-refractivity contribution >= 4 is 55.8 Å². The Hall–Kier alpha value is -2.96. The van der Waals surface area contributed by atoms with Crippen LogP contribution in [0.2, 0.25) is 0 Å². The minimum Gasteiger partial charge on any atom is -0.481 e. The fraction of sp³-hybridized carbons (Fsp3) is 0.538. The number of carboxylic acid groups (broad SMARTS) is 2. The van der Waals surface area contributed by atoms with Gasteiger partial charge in [-0.15, -0.1) is 0 Å². The summed E-state index contributed by atoms with van der Waals surface area (Å²) in [5, 5.41) is 13.7. The lowest BCUT2D eigenvalue weighted by molar-refractivity contribution is -0.184. The van der Waals surface area contributed by atoms with Gasteiger partial charge in [-0.3, -0.25) is 33.1 Å². The molecule has 2 heterocycles. The minimum absolute atomic E-state index is 0.362. The predicted molar refractivity (Wildman–Crippen MR) is 90.8 cm³/mol. The maximum absolute atomic E-state index is 12.5. The van der Waals surface area contributed by atoms with E-state index >= 15 is 0 Å². The van der Waals surface area contributed by atoms with Crippen molar-refractivity contribution < 1.29 is 64.9 Å². The molecule has 172 valence electrons. The first kappa shape index (κ1) is 24.3. The molecule has 16 nitrogen and oxygen atoms in total. The summed E-state index contributed by atoms with van der Waals surface area (Å²) in [5.41, 5.74) is -3.47. The van der Waals surface area contributed by atoms with E-state index in [1.807, 2.05) is 0 Å². The lowest BCUT2D eigenvalue weighted by Crippen LogP contribution is -2.69. The van der Waals surface area contributed by atoms with Crippen LogP contribution < -0.4 is 0 Å². The maximum atomic E-state index is 12.5. The SMILES string of the molecule is O=C(O)CCC(C(=O)O)(N1C(=O)CC(S(=O)(=O)O)C1=O)N1C(=O)CC(S(=O)(=O)O)C1=O. The van der Waals surface area contributed by atoms with Crippen LogP contribution >= 0.6 is 0 Å². The lowest BCUT2D eigenvalue weighted by atomic mass is 9.99. The first-order valence-corrected chi connectivity index (χ1v) is 11.1. The third-order valence-electron chi connectivity index (χ3n) is 4.70. The molecule has 4 N–H and O–H groups in total. The smallest absolute Gasteiger partial charge is 0.351 e. The molecule has 2 atom stereocenters. The van der Waals surface area contributed by atoms with E-state index in [4.69, 9.17) is 14.2 Å². The van der Waals surface area contributed by atoms with Gasteiger partial charge >= 0.3 is 11.9 Å². The zero-order valence-electron chi connectivity index (χ0n) is 15.1. The number of nitrogens with zero attached hydrogens (tertiary/aromatic N) is 2. The van der Waals surface area contributed by atoms with Crippen LogP contribution in [0.5, 0.6) is 0 Å². The molecule has 0 aliphatic carbocycles. The van der Waals surface area contributed by atoms with Crippen molar-refractivity contribution in [2.24, 2.45) is 0 Å². The fourth-order valence-corrected chi connectivity index (χ4v) is 4.78. The Morgan fingerprint density at radius 1 is 0.839 bits per heavy atom. The van der Waals surface area contributed by atoms with Crippen molar-refractivity contribution in [1.82, 2.24) is 9.80 Å². The third-order valence-corrected chi connectivity index (χ3v) is 6.87. The minimum atomic E-state index is -5.26. The Balaban J connectivity index is 2.76. The Kier molecular flexibility index (Phi) is 5.98. The van der Waals surface area contributed by atoms with Crippen LogP contribution in [0.1, 0.15) is 25.7 Å². The predicted octanol–water partition coefficient (Wildman–Crippen LogP) is -3.34. The molecule has 18 heteroatoms. The third kappa shape index (κ3) is 4.01. The van der Waals surface area contributed by atoms with Gasteiger partial charge in [-0.1, -0.05) is 0 Å². The number of likely N-dealkylation sites (tertiary alicyclic amines) is 2. The van der Waals surface area contributed by atoms with E-state index in [1.165, 1.54) is 0 Å². The van der Waals surface area contributed by atoms with Crippen molar-refractivity contribution in [2.75, 3.05) is 0 Å². The Bertz CT molecular complexity index is 1040. The van der Waals surface area contributed by atoms with Crippen LogP contribution in [0.3, 0.4) is 0 Å². The van der Waals surface area contributed by atoms with Crippen LogP contribution in [0, 0.1) is 0 Å². The second-order valence-corrected chi connectivity index (χ2v) is 9.76. The average Bonchev–Trinajstić information content (AvgIpc) is 3.06. The second-order valence-electron chi connectivity index (χ2n) is 6.57. The van der Waals surface area contributed by atoms with Gasteiger partial charge in [0.2, 0.25) is 17.5 Å². The molecular weight excluding hydrogens is 472 g/mol. The van der Waals surface area contributed by atoms with Crippen molar-refractivity contribution in [3.63, 3.8) is 0 Å². The molecule has 0 aromatic rings. The average molecular weight is 486 g/mol. The molecule has 2 aliphatic heterocycles. The van der Waals surface area contributed by atoms with E-state index in [1.54, 1.807) is 0 Å². The van der Waals surface area contributed by atoms with Gasteiger partial charge in [0.05, 0.1) is 19.3 Å². The van der Waals surface area contributed by atoms with Gasteiger partial charge in [0.15, 0.2) is 10.5 Å². The van der Waals surface area contributed by atoms with Gasteiger partial charge in [-0.2, -0.15) is 16.8 Å². The van der Waals surface area contributed by atoms with Crippen molar-refractivity contribution in [2.45, 2.75) is 41.8 Å². The summed E-state index contributed by atoms with van der Waals surface area (Å²) < 4.78 is 63.8. The first-order chi connectivity index (χ1) is 14.0. The molecule has 4 amide bonds. The van der Waals surface area contributed by atoms with E-state index in [-0.39, 0.29) is 9.80 Å². The van der Waals surface area contributed by atoms with Crippen molar-refractivity contribution in [3.05, 3.63) is 0 Å². The van der Waals surface area contributed by atoms with Gasteiger partial charge in [0.1, 0.15) is 0 Å². The molecule has 0 bridgehead atoms. The van der Waals surface area contributed by atoms with Gasteiger partial charge in [0.25, 0.3) is 32.1 Å². The molecule has 2 rings (SSSR count). The summed E-state index contributed by atoms with van der Waals surface area (Å²) in [6, 6.07) is 0. The summed E-state index contributed by atoms with van der Waals surface area (Å²) >= 11 is 0. The molecule has 2 unspecified atom stereocenters. The molecule has 2 aliphatic rings. The quantitative estimate of drug-likeness (QED) is 0.193. The highest BCUT2D eigenvalue weighted by Crippen LogP contribution is 2.38. The molecule has 2 saturated heterocycles. The monoisotopic (exact) mass is 486 g/mol. The highest BCUT2D eigenvalue weighted by Gasteiger charge is 2.66. The molecule has 31 heavy (non-hydrogen) atoms. The van der Waals surface area contributed by atoms with E-state index in [2.05, 4.69) is 0 Å². The Morgan fingerprint density at radius 3 is 1.42 bits per heavy atom. The zero-order chi connectivity index (χ0) is 24.1. The largest absolute Gasteiger partial charge is 0.481 e. The molecule has 2 fully saturated rings. The number of carbonyl (C=O) groups excluding carboxylic acids is 4. The van der Waals surface area contributed by atoms with E-state index in [0.717, 1.165) is 0 Å². The van der Waals surface area contributed by atoms with Gasteiger partial charge in [-0.05, 0) is 0 Å². The summed E-state index contributed by atoms with van der Waals surface area (Å²) in [5.74, 6) is -11.0. The molecule has 0 radical (unpaired) electrons. The summed E-state index contributed by atoms with van der Waals surface area (Å²) in [7, 11) is -10.5. The number of hydrogen-bond acceptors (Lipinski definition) is 10. The van der Waals surface area contributed by atoms with Gasteiger partial charge in [0, 0.05) is 6.42 Å². The number of aliphatic carboxylic acids is 2. The van der Waals surface area contributed by atoms with Crippen LogP contribution in [-0.4, -0.2) is 97.7 Å². The maximum Gasteiger partial charge on any atom is 0.351 e. The Morgan fingerprint density at radius 2 is 1.19 bits per heavy atom. The number of carbonyl (C=O) groups is 6. The van der Waals surface area contributed by atoms with Crippen molar-refractivity contribution in [1.29, 1.82) is 0 Å². The molecule has 0 spiro atoms. The van der Waals surface area contributed by atoms with Crippen LogP contribution in [0.25, 0.3) is 0 Å². The van der Waals surface area contributed by atoms with Crippen LogP contribution in [0.15, 0.2) is 0 Å². The standard InChI is InChI=1S/C13H14N2O14S2/c16-7-3-5(30(24,25)26)10(20)14(7)13(12(22)23,2-1-9(18)19)15-8(17)4-6(11(15)21)31(27,28)29/h5-6H,1-4H2,(H,18,19)(H,22,23)(H,24,25,26)(H,27,28,29). The van der Waals surface area contributed by atoms with E-state index < -0.39 is 97.6 Å². The molecule has 0 aromatic heterocycles. The molecule has 0 aromatic carbocycles. The number of carboxylic acids is 2. The first-order valence-electron chi connectivity index (χ1n) is 8.07. The second kappa shape index (κ2) is 7.62. The van der Waals surface area contributed by atoms with Gasteiger partial charge < -0.3 is 10.2 Å². The Labute approximate surface area is 172 Å². The highest BCUT2D eigenvalue weighted by atomic mass is 32.2. The van der Waals surface area contributed by atoms with Crippen molar-refractivity contribution in [3.8, 4) is 0 Å². The van der Waals surface area contributed by atoms with E-state index in [0.29, 0.717) is 0 Å². The summed E-state index contributed by atoms with van der Waals surface area (Å²) in [6.07, 6.45) is -5.12. The number of imide groups is 2. The summed E-state index contributed by atoms with van der Waals surface area (Å²) in [4.78, 5) is 72.4. The topological polar surface area (TPSA) is 258 Å². The van der Waals surface area contributed by atoms with Gasteiger partial charge in [-0.25, -0.2) is 14.6 Å². The number of amides is 4. The number of hydrogen-bond donors (Lipinski definition) is 4. The highest BCUT2D eigenvalue weighted by molar-refractivity contribution is 7.87. The van der Waals surface area contributed by atoms with E-state index in [9.17, 15) is 50.7 Å². The number of rotatable bonds is 8. The fourth-order valence-electron chi connectivity index (χ4n) is 3.35. The van der Waals surface area contributed by atoms with Crippen LogP contribution in [-0.2, 0) is 49.0 Å². The zero-order valence-corrected chi connectivity index (χ0v) is 16.7. The normalized spacial score (nSPS) is 24.6. The van der Waals surface area contributed by atoms with Crippen LogP contribution in [0.4, 0.5) is 0 Å².